The molecule has 0 radical (unpaired) electrons. The van der Waals surface area contributed by atoms with Crippen LogP contribution in [0.3, 0.4) is 0 Å². The molecule has 0 heterocycles. The van der Waals surface area contributed by atoms with Gasteiger partial charge < -0.3 is 15.4 Å². The van der Waals surface area contributed by atoms with E-state index in [9.17, 15) is 9.59 Å². The van der Waals surface area contributed by atoms with Crippen molar-refractivity contribution in [3.8, 4) is 5.75 Å². The van der Waals surface area contributed by atoms with Crippen molar-refractivity contribution in [3.63, 3.8) is 0 Å². The third-order valence-electron chi connectivity index (χ3n) is 3.94. The van der Waals surface area contributed by atoms with Crippen molar-refractivity contribution >= 4 is 11.8 Å². The SMILES string of the molecule is CC(C)CCC(C)NC(=O)C(NC(=O)COc1ccccc1)C(C)C. The number of hydrogen-bond donors (Lipinski definition) is 2. The molecular formula is C20H32N2O3. The molecular weight excluding hydrogens is 316 g/mol. The van der Waals surface area contributed by atoms with Crippen LogP contribution in [0.2, 0.25) is 0 Å². The molecule has 2 amide bonds. The Morgan fingerprint density at radius 3 is 2.16 bits per heavy atom. The minimum absolute atomic E-state index is 0.00188. The van der Waals surface area contributed by atoms with Gasteiger partial charge in [0, 0.05) is 6.04 Å². The molecule has 1 rings (SSSR count). The molecule has 0 saturated carbocycles. The van der Waals surface area contributed by atoms with Crippen LogP contribution in [0.5, 0.6) is 5.75 Å². The third kappa shape index (κ3) is 8.57. The molecule has 0 aromatic heterocycles. The largest absolute Gasteiger partial charge is 0.484 e. The van der Waals surface area contributed by atoms with Gasteiger partial charge in [-0.15, -0.1) is 0 Å². The molecule has 5 heteroatoms. The van der Waals surface area contributed by atoms with Gasteiger partial charge in [0.25, 0.3) is 5.91 Å². The molecule has 0 aliphatic rings. The molecule has 0 aliphatic carbocycles. The summed E-state index contributed by atoms with van der Waals surface area (Å²) in [5, 5.41) is 5.78. The molecule has 140 valence electrons. The fourth-order valence-electron chi connectivity index (χ4n) is 2.40. The van der Waals surface area contributed by atoms with E-state index < -0.39 is 6.04 Å². The number of amides is 2. The summed E-state index contributed by atoms with van der Waals surface area (Å²) in [6.07, 6.45) is 1.99. The van der Waals surface area contributed by atoms with Gasteiger partial charge in [0.2, 0.25) is 5.91 Å². The summed E-state index contributed by atoms with van der Waals surface area (Å²) in [5.74, 6) is 0.797. The average Bonchev–Trinajstić information content (AvgIpc) is 2.56. The van der Waals surface area contributed by atoms with Crippen LogP contribution in [0.25, 0.3) is 0 Å². The molecule has 1 aromatic carbocycles. The monoisotopic (exact) mass is 348 g/mol. The maximum Gasteiger partial charge on any atom is 0.258 e. The van der Waals surface area contributed by atoms with E-state index in [0.29, 0.717) is 11.7 Å². The third-order valence-corrected chi connectivity index (χ3v) is 3.94. The molecule has 25 heavy (non-hydrogen) atoms. The zero-order valence-electron chi connectivity index (χ0n) is 16.0. The van der Waals surface area contributed by atoms with Gasteiger partial charge >= 0.3 is 0 Å². The highest BCUT2D eigenvalue weighted by Crippen LogP contribution is 2.09. The quantitative estimate of drug-likeness (QED) is 0.682. The summed E-state index contributed by atoms with van der Waals surface area (Å²) in [6, 6.07) is 8.67. The highest BCUT2D eigenvalue weighted by atomic mass is 16.5. The van der Waals surface area contributed by atoms with Gasteiger partial charge in [-0.05, 0) is 43.7 Å². The van der Waals surface area contributed by atoms with E-state index in [1.54, 1.807) is 12.1 Å². The lowest BCUT2D eigenvalue weighted by atomic mass is 10.0. The van der Waals surface area contributed by atoms with Crippen LogP contribution in [0.1, 0.15) is 47.5 Å². The second kappa shape index (κ2) is 10.7. The van der Waals surface area contributed by atoms with Crippen molar-refractivity contribution < 1.29 is 14.3 Å². The summed E-state index contributed by atoms with van der Waals surface area (Å²) >= 11 is 0. The Bertz CT molecular complexity index is 529. The second-order valence-corrected chi connectivity index (χ2v) is 7.27. The van der Waals surface area contributed by atoms with Gasteiger partial charge in [0.15, 0.2) is 6.61 Å². The van der Waals surface area contributed by atoms with Crippen LogP contribution < -0.4 is 15.4 Å². The normalized spacial score (nSPS) is 13.4. The first-order valence-corrected chi connectivity index (χ1v) is 9.07. The van der Waals surface area contributed by atoms with Gasteiger partial charge in [-0.1, -0.05) is 45.9 Å². The van der Waals surface area contributed by atoms with Gasteiger partial charge in [0.05, 0.1) is 0 Å². The van der Waals surface area contributed by atoms with Crippen LogP contribution in [0.4, 0.5) is 0 Å². The summed E-state index contributed by atoms with van der Waals surface area (Å²) < 4.78 is 5.43. The molecule has 5 nitrogen and oxygen atoms in total. The molecule has 0 spiro atoms. The first-order chi connectivity index (χ1) is 11.8. The van der Waals surface area contributed by atoms with Crippen molar-refractivity contribution in [2.24, 2.45) is 11.8 Å². The van der Waals surface area contributed by atoms with Crippen molar-refractivity contribution in [2.75, 3.05) is 6.61 Å². The van der Waals surface area contributed by atoms with Crippen LogP contribution in [-0.2, 0) is 9.59 Å². The van der Waals surface area contributed by atoms with Crippen molar-refractivity contribution in [1.82, 2.24) is 10.6 Å². The van der Waals surface area contributed by atoms with Crippen molar-refractivity contribution in [3.05, 3.63) is 30.3 Å². The molecule has 2 unspecified atom stereocenters. The van der Waals surface area contributed by atoms with Crippen molar-refractivity contribution in [2.45, 2.75) is 59.5 Å². The lowest BCUT2D eigenvalue weighted by molar-refractivity contribution is -0.131. The maximum absolute atomic E-state index is 12.5. The molecule has 0 fully saturated rings. The lowest BCUT2D eigenvalue weighted by Crippen LogP contribution is -2.52. The van der Waals surface area contributed by atoms with E-state index in [4.69, 9.17) is 4.74 Å². The van der Waals surface area contributed by atoms with Gasteiger partial charge in [-0.2, -0.15) is 0 Å². The summed E-state index contributed by atoms with van der Waals surface area (Å²) in [7, 11) is 0. The molecule has 0 aliphatic heterocycles. The molecule has 2 N–H and O–H groups in total. The van der Waals surface area contributed by atoms with Crippen LogP contribution in [0.15, 0.2) is 30.3 Å². The van der Waals surface area contributed by atoms with E-state index in [2.05, 4.69) is 24.5 Å². The number of carbonyl (C=O) groups excluding carboxylic acids is 2. The van der Waals surface area contributed by atoms with Gasteiger partial charge in [0.1, 0.15) is 11.8 Å². The van der Waals surface area contributed by atoms with Gasteiger partial charge in [-0.25, -0.2) is 0 Å². The molecule has 0 bridgehead atoms. The summed E-state index contributed by atoms with van der Waals surface area (Å²) in [6.45, 7) is 10.1. The second-order valence-electron chi connectivity index (χ2n) is 7.27. The Labute approximate surface area is 151 Å². The highest BCUT2D eigenvalue weighted by molar-refractivity contribution is 5.88. The molecule has 2 atom stereocenters. The predicted octanol–water partition coefficient (Wildman–Crippen LogP) is 3.15. The Balaban J connectivity index is 2.49. The fourth-order valence-corrected chi connectivity index (χ4v) is 2.40. The number of hydrogen-bond acceptors (Lipinski definition) is 3. The first-order valence-electron chi connectivity index (χ1n) is 9.07. The highest BCUT2D eigenvalue weighted by Gasteiger charge is 2.25. The summed E-state index contributed by atoms with van der Waals surface area (Å²) in [5.41, 5.74) is 0. The van der Waals surface area contributed by atoms with Crippen LogP contribution >= 0.6 is 0 Å². The molecule has 0 saturated heterocycles. The predicted molar refractivity (Wildman–Crippen MR) is 100 cm³/mol. The smallest absolute Gasteiger partial charge is 0.258 e. The first kappa shape index (κ1) is 21.0. The number of benzene rings is 1. The van der Waals surface area contributed by atoms with E-state index in [1.807, 2.05) is 39.0 Å². The van der Waals surface area contributed by atoms with Crippen molar-refractivity contribution in [1.29, 1.82) is 0 Å². The van der Waals surface area contributed by atoms with Crippen LogP contribution in [0, 0.1) is 11.8 Å². The zero-order chi connectivity index (χ0) is 18.8. The Morgan fingerprint density at radius 1 is 0.960 bits per heavy atom. The number of rotatable bonds is 10. The number of ether oxygens (including phenoxy) is 1. The standard InChI is InChI=1S/C20H32N2O3/c1-14(2)11-12-16(5)21-20(24)19(15(3)4)22-18(23)13-25-17-9-7-6-8-10-17/h6-10,14-16,19H,11-13H2,1-5H3,(H,21,24)(H,22,23). The number of carbonyl (C=O) groups is 2. The molecule has 1 aromatic rings. The number of para-hydroxylation sites is 1. The lowest BCUT2D eigenvalue weighted by Gasteiger charge is -2.24. The fraction of sp³-hybridized carbons (Fsp3) is 0.600. The van der Waals surface area contributed by atoms with Crippen LogP contribution in [-0.4, -0.2) is 30.5 Å². The van der Waals surface area contributed by atoms with E-state index in [-0.39, 0.29) is 30.4 Å². The van der Waals surface area contributed by atoms with E-state index in [0.717, 1.165) is 12.8 Å². The Morgan fingerprint density at radius 2 is 1.60 bits per heavy atom. The minimum atomic E-state index is -0.562. The summed E-state index contributed by atoms with van der Waals surface area (Å²) in [4.78, 5) is 24.6. The topological polar surface area (TPSA) is 67.4 Å². The maximum atomic E-state index is 12.5. The Hall–Kier alpha value is -2.04. The Kier molecular flexibility index (Phi) is 9.03. The zero-order valence-corrected chi connectivity index (χ0v) is 16.0. The average molecular weight is 348 g/mol. The van der Waals surface area contributed by atoms with E-state index in [1.165, 1.54) is 0 Å². The minimum Gasteiger partial charge on any atom is -0.484 e. The van der Waals surface area contributed by atoms with Gasteiger partial charge in [-0.3, -0.25) is 9.59 Å². The van der Waals surface area contributed by atoms with E-state index >= 15 is 0 Å². The number of nitrogens with one attached hydrogen (secondary N) is 2.